The van der Waals surface area contributed by atoms with E-state index >= 15 is 0 Å². The lowest BCUT2D eigenvalue weighted by Crippen LogP contribution is -2.21. The summed E-state index contributed by atoms with van der Waals surface area (Å²) in [4.78, 5) is 11.3. The number of nitrogen functional groups attached to an aromatic ring is 1. The molecular weight excluding hydrogens is 250 g/mol. The highest BCUT2D eigenvalue weighted by Gasteiger charge is 2.16. The third kappa shape index (κ3) is 2.58. The van der Waals surface area contributed by atoms with E-state index in [1.165, 1.54) is 18.4 Å². The Morgan fingerprint density at radius 3 is 2.45 bits per heavy atom. The Bertz CT molecular complexity index is 588. The van der Waals surface area contributed by atoms with Crippen LogP contribution in [0.4, 0.5) is 11.8 Å². The molecule has 2 aromatic rings. The monoisotopic (exact) mass is 269 g/mol. The molecule has 104 valence electrons. The van der Waals surface area contributed by atoms with Gasteiger partial charge in [-0.15, -0.1) is 0 Å². The number of hydrazine groups is 1. The van der Waals surface area contributed by atoms with E-state index < -0.39 is 0 Å². The van der Waals surface area contributed by atoms with Crippen molar-refractivity contribution >= 4 is 11.8 Å². The number of hydrogen-bond donors (Lipinski definition) is 2. The Kier molecular flexibility index (Phi) is 3.52. The highest BCUT2D eigenvalue weighted by molar-refractivity contribution is 5.64. The van der Waals surface area contributed by atoms with Crippen molar-refractivity contribution < 1.29 is 0 Å². The predicted molar refractivity (Wildman–Crippen MR) is 81.5 cm³/mol. The molecule has 1 saturated heterocycles. The van der Waals surface area contributed by atoms with Crippen molar-refractivity contribution in [3.05, 3.63) is 35.9 Å². The Balaban J connectivity index is 2.01. The molecule has 0 saturated carbocycles. The van der Waals surface area contributed by atoms with Gasteiger partial charge in [0.15, 0.2) is 0 Å². The van der Waals surface area contributed by atoms with Gasteiger partial charge in [0.25, 0.3) is 0 Å². The third-order valence-corrected chi connectivity index (χ3v) is 3.60. The molecule has 0 unspecified atom stereocenters. The van der Waals surface area contributed by atoms with Crippen molar-refractivity contribution in [2.24, 2.45) is 5.84 Å². The molecule has 0 aliphatic carbocycles. The van der Waals surface area contributed by atoms with E-state index in [0.29, 0.717) is 5.82 Å². The molecular formula is C15H19N5. The molecule has 1 aromatic carbocycles. The fourth-order valence-corrected chi connectivity index (χ4v) is 2.44. The SMILES string of the molecule is Cc1ccc(-c2cc(NN)nc(N3CCCC3)n2)cc1. The number of rotatable bonds is 3. The maximum atomic E-state index is 5.53. The standard InChI is InChI=1S/C15H19N5/c1-11-4-6-12(7-5-11)13-10-14(19-16)18-15(17-13)20-8-2-3-9-20/h4-7,10H,2-3,8-9,16H2,1H3,(H,17,18,19). The number of nitrogens with zero attached hydrogens (tertiary/aromatic N) is 3. The summed E-state index contributed by atoms with van der Waals surface area (Å²) < 4.78 is 0. The summed E-state index contributed by atoms with van der Waals surface area (Å²) in [7, 11) is 0. The fraction of sp³-hybridized carbons (Fsp3) is 0.333. The molecule has 3 N–H and O–H groups in total. The van der Waals surface area contributed by atoms with E-state index in [-0.39, 0.29) is 0 Å². The van der Waals surface area contributed by atoms with E-state index in [9.17, 15) is 0 Å². The second kappa shape index (κ2) is 5.46. The van der Waals surface area contributed by atoms with Gasteiger partial charge in [0.1, 0.15) is 5.82 Å². The third-order valence-electron chi connectivity index (χ3n) is 3.60. The first-order valence-corrected chi connectivity index (χ1v) is 6.94. The maximum absolute atomic E-state index is 5.53. The zero-order chi connectivity index (χ0) is 13.9. The molecule has 20 heavy (non-hydrogen) atoms. The van der Waals surface area contributed by atoms with Gasteiger partial charge in [-0.2, -0.15) is 4.98 Å². The Morgan fingerprint density at radius 1 is 1.10 bits per heavy atom. The molecule has 1 aliphatic heterocycles. The van der Waals surface area contributed by atoms with Crippen LogP contribution in [0.15, 0.2) is 30.3 Å². The van der Waals surface area contributed by atoms with E-state index in [1.807, 2.05) is 6.07 Å². The van der Waals surface area contributed by atoms with Gasteiger partial charge in [0.05, 0.1) is 5.69 Å². The first-order chi connectivity index (χ1) is 9.76. The van der Waals surface area contributed by atoms with Crippen LogP contribution in [0.5, 0.6) is 0 Å². The molecule has 0 atom stereocenters. The molecule has 1 aromatic heterocycles. The Morgan fingerprint density at radius 2 is 1.80 bits per heavy atom. The second-order valence-corrected chi connectivity index (χ2v) is 5.14. The van der Waals surface area contributed by atoms with Crippen LogP contribution in [0.25, 0.3) is 11.3 Å². The van der Waals surface area contributed by atoms with Crippen molar-refractivity contribution in [3.63, 3.8) is 0 Å². The highest BCUT2D eigenvalue weighted by atomic mass is 15.3. The normalized spacial score (nSPS) is 14.6. The van der Waals surface area contributed by atoms with Gasteiger partial charge >= 0.3 is 0 Å². The largest absolute Gasteiger partial charge is 0.341 e. The summed E-state index contributed by atoms with van der Waals surface area (Å²) in [5, 5.41) is 0. The summed E-state index contributed by atoms with van der Waals surface area (Å²) in [6.45, 7) is 4.11. The smallest absolute Gasteiger partial charge is 0.227 e. The summed E-state index contributed by atoms with van der Waals surface area (Å²) in [6, 6.07) is 10.2. The molecule has 1 aliphatic rings. The minimum Gasteiger partial charge on any atom is -0.341 e. The van der Waals surface area contributed by atoms with Gasteiger partial charge in [0.2, 0.25) is 5.95 Å². The summed E-state index contributed by atoms with van der Waals surface area (Å²) in [5.41, 5.74) is 5.85. The van der Waals surface area contributed by atoms with Crippen molar-refractivity contribution in [2.45, 2.75) is 19.8 Å². The number of aryl methyl sites for hydroxylation is 1. The van der Waals surface area contributed by atoms with Crippen LogP contribution >= 0.6 is 0 Å². The van der Waals surface area contributed by atoms with Crippen molar-refractivity contribution in [3.8, 4) is 11.3 Å². The first kappa shape index (κ1) is 12.9. The summed E-state index contributed by atoms with van der Waals surface area (Å²) >= 11 is 0. The van der Waals surface area contributed by atoms with Crippen LogP contribution < -0.4 is 16.2 Å². The fourth-order valence-electron chi connectivity index (χ4n) is 2.44. The molecule has 2 heterocycles. The number of aromatic nitrogens is 2. The molecule has 0 radical (unpaired) electrons. The molecule has 0 bridgehead atoms. The number of anilines is 2. The van der Waals surface area contributed by atoms with Gasteiger partial charge in [0, 0.05) is 24.7 Å². The Labute approximate surface area is 118 Å². The number of benzene rings is 1. The Hall–Kier alpha value is -2.14. The topological polar surface area (TPSA) is 67.1 Å². The van der Waals surface area contributed by atoms with Crippen molar-refractivity contribution in [1.29, 1.82) is 0 Å². The van der Waals surface area contributed by atoms with Crippen molar-refractivity contribution in [1.82, 2.24) is 9.97 Å². The summed E-state index contributed by atoms with van der Waals surface area (Å²) in [5.74, 6) is 6.94. The highest BCUT2D eigenvalue weighted by Crippen LogP contribution is 2.24. The van der Waals surface area contributed by atoms with Gasteiger partial charge < -0.3 is 10.3 Å². The van der Waals surface area contributed by atoms with E-state index in [0.717, 1.165) is 30.3 Å². The quantitative estimate of drug-likeness (QED) is 0.661. The van der Waals surface area contributed by atoms with Crippen molar-refractivity contribution in [2.75, 3.05) is 23.4 Å². The molecule has 3 rings (SSSR count). The second-order valence-electron chi connectivity index (χ2n) is 5.14. The van der Waals surface area contributed by atoms with Crippen LogP contribution in [0.2, 0.25) is 0 Å². The van der Waals surface area contributed by atoms with Crippen LogP contribution in [-0.2, 0) is 0 Å². The average Bonchev–Trinajstić information content (AvgIpc) is 3.02. The molecule has 5 heteroatoms. The van der Waals surface area contributed by atoms with Crippen LogP contribution in [0, 0.1) is 6.92 Å². The van der Waals surface area contributed by atoms with Crippen LogP contribution in [-0.4, -0.2) is 23.1 Å². The van der Waals surface area contributed by atoms with Gasteiger partial charge in [-0.25, -0.2) is 10.8 Å². The zero-order valence-electron chi connectivity index (χ0n) is 11.6. The average molecular weight is 269 g/mol. The number of nitrogens with two attached hydrogens (primary N) is 1. The minimum absolute atomic E-state index is 0.650. The lowest BCUT2D eigenvalue weighted by atomic mass is 10.1. The molecule has 5 nitrogen and oxygen atoms in total. The summed E-state index contributed by atoms with van der Waals surface area (Å²) in [6.07, 6.45) is 2.40. The van der Waals surface area contributed by atoms with Crippen LogP contribution in [0.1, 0.15) is 18.4 Å². The van der Waals surface area contributed by atoms with Gasteiger partial charge in [-0.1, -0.05) is 29.8 Å². The van der Waals surface area contributed by atoms with Gasteiger partial charge in [-0.05, 0) is 19.8 Å². The lowest BCUT2D eigenvalue weighted by molar-refractivity contribution is 0.900. The van der Waals surface area contributed by atoms with Crippen LogP contribution in [0.3, 0.4) is 0 Å². The lowest BCUT2D eigenvalue weighted by Gasteiger charge is -2.17. The van der Waals surface area contributed by atoms with E-state index in [2.05, 4.69) is 51.5 Å². The number of nitrogens with one attached hydrogen (secondary N) is 1. The minimum atomic E-state index is 0.650. The van der Waals surface area contributed by atoms with E-state index in [4.69, 9.17) is 5.84 Å². The predicted octanol–water partition coefficient (Wildman–Crippen LogP) is 2.34. The zero-order valence-corrected chi connectivity index (χ0v) is 11.6. The van der Waals surface area contributed by atoms with E-state index in [1.54, 1.807) is 0 Å². The maximum Gasteiger partial charge on any atom is 0.227 e. The number of hydrogen-bond acceptors (Lipinski definition) is 5. The molecule has 1 fully saturated rings. The molecule has 0 amide bonds. The molecule has 0 spiro atoms. The van der Waals surface area contributed by atoms with Gasteiger partial charge in [-0.3, -0.25) is 0 Å². The first-order valence-electron chi connectivity index (χ1n) is 6.94.